The zero-order valence-electron chi connectivity index (χ0n) is 14.8. The number of aromatic amines is 1. The third-order valence-electron chi connectivity index (χ3n) is 6.12. The number of likely N-dealkylation sites (tertiary alicyclic amines) is 1. The van der Waals surface area contributed by atoms with Crippen molar-refractivity contribution >= 4 is 5.91 Å². The fourth-order valence-electron chi connectivity index (χ4n) is 4.72. The van der Waals surface area contributed by atoms with Gasteiger partial charge in [0.25, 0.3) is 0 Å². The lowest BCUT2D eigenvalue weighted by Crippen LogP contribution is -2.47. The Balaban J connectivity index is 1.25. The molecule has 1 saturated heterocycles. The van der Waals surface area contributed by atoms with E-state index in [1.807, 2.05) is 24.4 Å². The number of aromatic nitrogens is 2. The Hall–Kier alpha value is -2.50. The summed E-state index contributed by atoms with van der Waals surface area (Å²) in [6.45, 7) is 1.97. The van der Waals surface area contributed by atoms with Crippen molar-refractivity contribution in [2.45, 2.75) is 43.9 Å². The van der Waals surface area contributed by atoms with Crippen LogP contribution in [-0.2, 0) is 23.1 Å². The first-order valence-corrected chi connectivity index (χ1v) is 9.43. The SMILES string of the molecule is O=C(CCc1ccc2c(c1)OCO2)N1CCCC2(CCc3cn[nH]c32)C1. The molecule has 1 N–H and O–H groups in total. The summed E-state index contributed by atoms with van der Waals surface area (Å²) in [5, 5.41) is 7.42. The lowest BCUT2D eigenvalue weighted by molar-refractivity contribution is -0.133. The number of amides is 1. The highest BCUT2D eigenvalue weighted by Gasteiger charge is 2.44. The molecule has 26 heavy (non-hydrogen) atoms. The van der Waals surface area contributed by atoms with Crippen LogP contribution in [0.2, 0.25) is 0 Å². The lowest BCUT2D eigenvalue weighted by atomic mass is 9.77. The molecular formula is C20H23N3O3. The first-order valence-electron chi connectivity index (χ1n) is 9.43. The van der Waals surface area contributed by atoms with Gasteiger partial charge in [0.15, 0.2) is 11.5 Å². The number of benzene rings is 1. The molecule has 0 radical (unpaired) electrons. The number of aryl methyl sites for hydroxylation is 2. The van der Waals surface area contributed by atoms with Crippen molar-refractivity contribution in [1.82, 2.24) is 15.1 Å². The molecule has 1 fully saturated rings. The van der Waals surface area contributed by atoms with Crippen molar-refractivity contribution in [3.63, 3.8) is 0 Å². The van der Waals surface area contributed by atoms with E-state index in [9.17, 15) is 4.79 Å². The maximum atomic E-state index is 12.8. The van der Waals surface area contributed by atoms with Crippen molar-refractivity contribution in [3.8, 4) is 11.5 Å². The highest BCUT2D eigenvalue weighted by Crippen LogP contribution is 2.44. The van der Waals surface area contributed by atoms with Crippen LogP contribution in [-0.4, -0.2) is 40.9 Å². The van der Waals surface area contributed by atoms with Gasteiger partial charge in [-0.25, -0.2) is 0 Å². The highest BCUT2D eigenvalue weighted by molar-refractivity contribution is 5.77. The molecular weight excluding hydrogens is 330 g/mol. The summed E-state index contributed by atoms with van der Waals surface area (Å²) in [4.78, 5) is 14.9. The van der Waals surface area contributed by atoms with Crippen LogP contribution in [0.1, 0.15) is 42.5 Å². The maximum Gasteiger partial charge on any atom is 0.231 e. The molecule has 1 unspecified atom stereocenters. The fraction of sp³-hybridized carbons (Fsp3) is 0.500. The van der Waals surface area contributed by atoms with E-state index in [1.165, 1.54) is 11.3 Å². The zero-order valence-corrected chi connectivity index (χ0v) is 14.8. The van der Waals surface area contributed by atoms with Gasteiger partial charge in [-0.2, -0.15) is 5.10 Å². The Morgan fingerprint density at radius 1 is 1.27 bits per heavy atom. The molecule has 1 aromatic heterocycles. The molecule has 6 nitrogen and oxygen atoms in total. The molecule has 1 aliphatic carbocycles. The largest absolute Gasteiger partial charge is 0.454 e. The van der Waals surface area contributed by atoms with Crippen LogP contribution in [0.4, 0.5) is 0 Å². The van der Waals surface area contributed by atoms with E-state index in [-0.39, 0.29) is 18.1 Å². The van der Waals surface area contributed by atoms with Crippen molar-refractivity contribution < 1.29 is 14.3 Å². The van der Waals surface area contributed by atoms with Gasteiger partial charge in [-0.1, -0.05) is 6.07 Å². The normalized spacial score (nSPS) is 23.5. The fourth-order valence-corrected chi connectivity index (χ4v) is 4.72. The number of hydrogen-bond acceptors (Lipinski definition) is 4. The number of ether oxygens (including phenoxy) is 2. The smallest absolute Gasteiger partial charge is 0.231 e. The zero-order chi connectivity index (χ0) is 17.6. The summed E-state index contributed by atoms with van der Waals surface area (Å²) in [5.74, 6) is 1.81. The molecule has 1 spiro atoms. The molecule has 1 aromatic carbocycles. The first kappa shape index (κ1) is 15.7. The average Bonchev–Trinajstić information content (AvgIpc) is 3.38. The number of hydrogen-bond donors (Lipinski definition) is 1. The van der Waals surface area contributed by atoms with Gasteiger partial charge in [0.2, 0.25) is 12.7 Å². The molecule has 0 saturated carbocycles. The van der Waals surface area contributed by atoms with E-state index in [2.05, 4.69) is 15.1 Å². The Bertz CT molecular complexity index is 847. The van der Waals surface area contributed by atoms with Crippen LogP contribution in [0.25, 0.3) is 0 Å². The molecule has 2 aromatic rings. The van der Waals surface area contributed by atoms with Crippen LogP contribution in [0.15, 0.2) is 24.4 Å². The Morgan fingerprint density at radius 2 is 2.19 bits per heavy atom. The number of rotatable bonds is 3. The van der Waals surface area contributed by atoms with E-state index < -0.39 is 0 Å². The maximum absolute atomic E-state index is 12.8. The van der Waals surface area contributed by atoms with Crippen LogP contribution in [0, 0.1) is 0 Å². The van der Waals surface area contributed by atoms with E-state index in [1.54, 1.807) is 0 Å². The van der Waals surface area contributed by atoms with Gasteiger partial charge in [0.05, 0.1) is 6.20 Å². The monoisotopic (exact) mass is 353 g/mol. The second kappa shape index (κ2) is 6.04. The van der Waals surface area contributed by atoms with Gasteiger partial charge < -0.3 is 14.4 Å². The van der Waals surface area contributed by atoms with Crippen LogP contribution in [0.5, 0.6) is 11.5 Å². The molecule has 6 heteroatoms. The standard InChI is InChI=1S/C20H23N3O3/c24-18(5-3-14-2-4-16-17(10-14)26-13-25-16)23-9-1-7-20(12-23)8-6-15-11-21-22-19(15)20/h2,4,10-11H,1,3,5-9,12-13H2,(H,21,22). The summed E-state index contributed by atoms with van der Waals surface area (Å²) in [7, 11) is 0. The van der Waals surface area contributed by atoms with E-state index in [0.717, 1.165) is 62.3 Å². The topological polar surface area (TPSA) is 67.5 Å². The van der Waals surface area contributed by atoms with Gasteiger partial charge in [0, 0.05) is 30.6 Å². The molecule has 1 amide bonds. The second-order valence-electron chi connectivity index (χ2n) is 7.66. The Kier molecular flexibility index (Phi) is 3.65. The first-order chi connectivity index (χ1) is 12.7. The Labute approximate surface area is 152 Å². The molecule has 3 heterocycles. The molecule has 136 valence electrons. The van der Waals surface area contributed by atoms with Crippen molar-refractivity contribution in [2.75, 3.05) is 19.9 Å². The van der Waals surface area contributed by atoms with E-state index in [4.69, 9.17) is 9.47 Å². The third-order valence-corrected chi connectivity index (χ3v) is 6.12. The van der Waals surface area contributed by atoms with Gasteiger partial charge in [0.1, 0.15) is 0 Å². The van der Waals surface area contributed by atoms with Gasteiger partial charge in [-0.15, -0.1) is 0 Å². The van der Waals surface area contributed by atoms with Crippen molar-refractivity contribution in [3.05, 3.63) is 41.2 Å². The van der Waals surface area contributed by atoms with Crippen LogP contribution < -0.4 is 9.47 Å². The van der Waals surface area contributed by atoms with Gasteiger partial charge >= 0.3 is 0 Å². The minimum absolute atomic E-state index is 0.0957. The summed E-state index contributed by atoms with van der Waals surface area (Å²) in [6, 6.07) is 5.93. The van der Waals surface area contributed by atoms with Crippen molar-refractivity contribution in [1.29, 1.82) is 0 Å². The molecule has 5 rings (SSSR count). The predicted octanol–water partition coefficient (Wildman–Crippen LogP) is 2.58. The Morgan fingerprint density at radius 3 is 3.15 bits per heavy atom. The van der Waals surface area contributed by atoms with E-state index in [0.29, 0.717) is 6.42 Å². The molecule has 0 bridgehead atoms. The molecule has 3 aliphatic rings. The average molecular weight is 353 g/mol. The quantitative estimate of drug-likeness (QED) is 0.921. The number of carbonyl (C=O) groups excluding carboxylic acids is 1. The number of piperidine rings is 1. The highest BCUT2D eigenvalue weighted by atomic mass is 16.7. The minimum atomic E-state index is 0.0957. The predicted molar refractivity (Wildman–Crippen MR) is 95.3 cm³/mol. The van der Waals surface area contributed by atoms with E-state index >= 15 is 0 Å². The number of fused-ring (bicyclic) bond motifs is 3. The summed E-state index contributed by atoms with van der Waals surface area (Å²) < 4.78 is 10.8. The molecule has 2 aliphatic heterocycles. The number of carbonyl (C=O) groups is 1. The summed E-state index contributed by atoms with van der Waals surface area (Å²) >= 11 is 0. The summed E-state index contributed by atoms with van der Waals surface area (Å²) in [5.41, 5.74) is 3.81. The van der Waals surface area contributed by atoms with Crippen molar-refractivity contribution in [2.24, 2.45) is 0 Å². The second-order valence-corrected chi connectivity index (χ2v) is 7.66. The summed E-state index contributed by atoms with van der Waals surface area (Å²) in [6.07, 6.45) is 7.63. The molecule has 1 atom stereocenters. The minimum Gasteiger partial charge on any atom is -0.454 e. The van der Waals surface area contributed by atoms with Crippen LogP contribution in [0.3, 0.4) is 0 Å². The van der Waals surface area contributed by atoms with Crippen LogP contribution >= 0.6 is 0 Å². The number of H-pyrrole nitrogens is 1. The number of nitrogens with one attached hydrogen (secondary N) is 1. The number of nitrogens with zero attached hydrogens (tertiary/aromatic N) is 2. The van der Waals surface area contributed by atoms with Gasteiger partial charge in [-0.3, -0.25) is 9.89 Å². The lowest BCUT2D eigenvalue weighted by Gasteiger charge is -2.40. The van der Waals surface area contributed by atoms with Gasteiger partial charge in [-0.05, 0) is 55.4 Å². The third kappa shape index (κ3) is 2.55.